The Balaban J connectivity index is 1.69. The topological polar surface area (TPSA) is 228 Å². The van der Waals surface area contributed by atoms with E-state index in [2.05, 4.69) is 116 Å². The molecule has 0 aromatic rings. The lowest BCUT2D eigenvalue weighted by Crippen LogP contribution is -2.65. The third-order valence-corrected chi connectivity index (χ3v) is 16.6. The first-order valence-electron chi connectivity index (χ1n) is 35.0. The lowest BCUT2D eigenvalue weighted by molar-refractivity contribution is -0.359. The van der Waals surface area contributed by atoms with Gasteiger partial charge in [0.1, 0.15) is 48.8 Å². The van der Waals surface area contributed by atoms with Gasteiger partial charge in [0.25, 0.3) is 0 Å². The van der Waals surface area contributed by atoms with Crippen molar-refractivity contribution in [1.82, 2.24) is 5.32 Å². The van der Waals surface area contributed by atoms with Gasteiger partial charge in [0, 0.05) is 6.42 Å². The lowest BCUT2D eigenvalue weighted by atomic mass is 9.97. The number of unbranched alkanes of at least 4 members (excludes halogenated alkanes) is 27. The number of ether oxygens (including phenoxy) is 4. The number of allylic oxidation sites excluding steroid dienone is 16. The van der Waals surface area contributed by atoms with Crippen LogP contribution in [0.5, 0.6) is 0 Å². The van der Waals surface area contributed by atoms with E-state index in [0.717, 1.165) is 116 Å². The summed E-state index contributed by atoms with van der Waals surface area (Å²) >= 11 is 0. The molecule has 0 aromatic heterocycles. The molecule has 2 fully saturated rings. The quantitative estimate of drug-likeness (QED) is 0.0204. The van der Waals surface area contributed by atoms with Crippen LogP contribution in [0.25, 0.3) is 0 Å². The highest BCUT2D eigenvalue weighted by Gasteiger charge is 2.51. The molecule has 9 N–H and O–H groups in total. The maximum absolute atomic E-state index is 13.4. The van der Waals surface area contributed by atoms with E-state index in [1.807, 2.05) is 0 Å². The van der Waals surface area contributed by atoms with Crippen molar-refractivity contribution in [1.29, 1.82) is 0 Å². The van der Waals surface area contributed by atoms with E-state index < -0.39 is 86.8 Å². The van der Waals surface area contributed by atoms with E-state index in [0.29, 0.717) is 12.8 Å². The van der Waals surface area contributed by atoms with Crippen molar-refractivity contribution in [3.63, 3.8) is 0 Å². The first-order chi connectivity index (χ1) is 42.6. The number of amides is 1. The molecule has 0 spiro atoms. The molecule has 14 heteroatoms. The number of hydrogen-bond donors (Lipinski definition) is 9. The molecule has 0 saturated carbocycles. The summed E-state index contributed by atoms with van der Waals surface area (Å²) in [7, 11) is 0. The minimum Gasteiger partial charge on any atom is -0.394 e. The van der Waals surface area contributed by atoms with E-state index in [-0.39, 0.29) is 18.9 Å². The SMILES string of the molecule is CC/C=C\C/C=C\C/C=C\C/C=C\C/C=C\C/C=C\C/C=C\C/C=C\CCCCCCCCC(=O)NC(COC1OC(CO)C(OC2OC(CO)C(O)C(O)C2O)C(O)C1O)C(O)CCCCCCCCCCCCCCCCCCCCCCCC. The molecule has 2 aliphatic rings. The number of carbonyl (C=O) groups is 1. The normalized spacial score (nSPS) is 23.9. The van der Waals surface area contributed by atoms with Crippen LogP contribution >= 0.6 is 0 Å². The molecule has 14 nitrogen and oxygen atoms in total. The standard InChI is InChI=1S/C73H127NO13/c1-3-5-7-9-11-13-15-17-19-21-23-25-27-28-29-30-31-32-33-34-35-37-39-41-43-45-47-49-51-53-55-57-65(78)74-61(60-84-72-70(83)68(81)71(64(59-76)86-72)87-73-69(82)67(80)66(79)63(58-75)85-73)62(77)56-54-52-50-48-46-44-42-40-38-36-26-24-22-20-18-16-14-12-10-8-6-4-2/h5,7,11,13,17,19,23,25,28-29,31-32,34-35,39,41,61-64,66-73,75-77,79-83H,3-4,6,8-10,12,14-16,18,20-22,24,26-27,30,33,36-38,40,42-60H2,1-2H3,(H,74,78)/b7-5-,13-11-,19-17-,25-23-,29-28-,32-31-,35-34-,41-39-. The van der Waals surface area contributed by atoms with Crippen molar-refractivity contribution in [3.05, 3.63) is 97.2 Å². The fourth-order valence-corrected chi connectivity index (χ4v) is 11.0. The van der Waals surface area contributed by atoms with Crippen LogP contribution in [-0.2, 0) is 23.7 Å². The van der Waals surface area contributed by atoms with Crippen LogP contribution in [0.4, 0.5) is 0 Å². The van der Waals surface area contributed by atoms with Crippen LogP contribution in [0.15, 0.2) is 97.2 Å². The summed E-state index contributed by atoms with van der Waals surface area (Å²) in [5.74, 6) is -0.223. The minimum atomic E-state index is -1.79. The Morgan fingerprint density at radius 2 is 0.793 bits per heavy atom. The molecule has 2 heterocycles. The maximum Gasteiger partial charge on any atom is 0.220 e. The van der Waals surface area contributed by atoms with Gasteiger partial charge < -0.3 is 65.1 Å². The Hall–Kier alpha value is -3.09. The Kier molecular flexibility index (Phi) is 52.3. The lowest BCUT2D eigenvalue weighted by Gasteiger charge is -2.46. The van der Waals surface area contributed by atoms with Crippen molar-refractivity contribution in [2.75, 3.05) is 19.8 Å². The Morgan fingerprint density at radius 3 is 1.22 bits per heavy atom. The number of aliphatic hydroxyl groups is 8. The Morgan fingerprint density at radius 1 is 0.425 bits per heavy atom. The van der Waals surface area contributed by atoms with Gasteiger partial charge in [-0.1, -0.05) is 278 Å². The van der Waals surface area contributed by atoms with Crippen molar-refractivity contribution in [3.8, 4) is 0 Å². The minimum absolute atomic E-state index is 0.223. The zero-order valence-corrected chi connectivity index (χ0v) is 54.5. The van der Waals surface area contributed by atoms with Crippen molar-refractivity contribution in [2.45, 2.75) is 338 Å². The highest BCUT2D eigenvalue weighted by molar-refractivity contribution is 5.76. The smallest absolute Gasteiger partial charge is 0.220 e. The van der Waals surface area contributed by atoms with Crippen LogP contribution in [-0.4, -0.2) is 140 Å². The molecular weight excluding hydrogens is 1100 g/mol. The summed E-state index contributed by atoms with van der Waals surface area (Å²) in [6.07, 6.45) is 62.6. The number of hydrogen-bond acceptors (Lipinski definition) is 13. The molecule has 87 heavy (non-hydrogen) atoms. The van der Waals surface area contributed by atoms with Crippen molar-refractivity contribution in [2.24, 2.45) is 0 Å². The molecule has 502 valence electrons. The van der Waals surface area contributed by atoms with Crippen molar-refractivity contribution < 1.29 is 64.6 Å². The Bertz CT molecular complexity index is 1830. The van der Waals surface area contributed by atoms with Gasteiger partial charge in [-0.05, 0) is 77.0 Å². The number of aliphatic hydroxyl groups excluding tert-OH is 8. The van der Waals surface area contributed by atoms with E-state index in [1.165, 1.54) is 116 Å². The molecule has 12 unspecified atom stereocenters. The van der Waals surface area contributed by atoms with Gasteiger partial charge in [0.2, 0.25) is 5.91 Å². The highest BCUT2D eigenvalue weighted by atomic mass is 16.7. The summed E-state index contributed by atoms with van der Waals surface area (Å²) in [6.45, 7) is 2.76. The second-order valence-electron chi connectivity index (χ2n) is 24.3. The fraction of sp³-hybridized carbons (Fsp3) is 0.767. The monoisotopic (exact) mass is 1230 g/mol. The van der Waals surface area contributed by atoms with Gasteiger partial charge in [-0.3, -0.25) is 4.79 Å². The summed E-state index contributed by atoms with van der Waals surface area (Å²) in [5.41, 5.74) is 0. The summed E-state index contributed by atoms with van der Waals surface area (Å²) in [5, 5.41) is 87.6. The molecule has 0 radical (unpaired) electrons. The molecule has 0 aromatic carbocycles. The molecule has 0 aliphatic carbocycles. The number of rotatable bonds is 56. The number of carbonyl (C=O) groups excluding carboxylic acids is 1. The average Bonchev–Trinajstić information content (AvgIpc) is 2.33. The van der Waals surface area contributed by atoms with Gasteiger partial charge in [-0.15, -0.1) is 0 Å². The summed E-state index contributed by atoms with van der Waals surface area (Å²) in [4.78, 5) is 13.4. The predicted molar refractivity (Wildman–Crippen MR) is 355 cm³/mol. The molecule has 1 amide bonds. The maximum atomic E-state index is 13.4. The fourth-order valence-electron chi connectivity index (χ4n) is 11.0. The highest BCUT2D eigenvalue weighted by Crippen LogP contribution is 2.30. The van der Waals surface area contributed by atoms with Gasteiger partial charge >= 0.3 is 0 Å². The van der Waals surface area contributed by atoms with Crippen LogP contribution < -0.4 is 5.32 Å². The van der Waals surface area contributed by atoms with Crippen molar-refractivity contribution >= 4 is 5.91 Å². The summed E-state index contributed by atoms with van der Waals surface area (Å²) < 4.78 is 22.9. The molecule has 2 aliphatic heterocycles. The molecule has 2 saturated heterocycles. The molecule has 0 bridgehead atoms. The van der Waals surface area contributed by atoms with Gasteiger partial charge in [-0.25, -0.2) is 0 Å². The van der Waals surface area contributed by atoms with Gasteiger partial charge in [0.05, 0.1) is 32.0 Å². The van der Waals surface area contributed by atoms with Crippen LogP contribution in [0.2, 0.25) is 0 Å². The van der Waals surface area contributed by atoms with E-state index in [1.54, 1.807) is 0 Å². The third-order valence-electron chi connectivity index (χ3n) is 16.6. The predicted octanol–water partition coefficient (Wildman–Crippen LogP) is 14.2. The zero-order chi connectivity index (χ0) is 63.1. The van der Waals surface area contributed by atoms with Gasteiger partial charge in [-0.2, -0.15) is 0 Å². The van der Waals surface area contributed by atoms with Crippen LogP contribution in [0.1, 0.15) is 264 Å². The molecule has 2 rings (SSSR count). The van der Waals surface area contributed by atoms with E-state index in [4.69, 9.17) is 18.9 Å². The Labute approximate surface area is 528 Å². The van der Waals surface area contributed by atoms with E-state index >= 15 is 0 Å². The second-order valence-corrected chi connectivity index (χ2v) is 24.3. The average molecular weight is 1230 g/mol. The largest absolute Gasteiger partial charge is 0.394 e. The van der Waals surface area contributed by atoms with Gasteiger partial charge in [0.15, 0.2) is 12.6 Å². The molecule has 12 atom stereocenters. The second kappa shape index (κ2) is 56.9. The molecular formula is C73H127NO13. The third kappa shape index (κ3) is 41.1. The van der Waals surface area contributed by atoms with E-state index in [9.17, 15) is 45.6 Å². The summed E-state index contributed by atoms with van der Waals surface area (Å²) in [6, 6.07) is -0.845. The first kappa shape index (κ1) is 80.0. The number of nitrogens with one attached hydrogen (secondary N) is 1. The zero-order valence-electron chi connectivity index (χ0n) is 54.5. The first-order valence-corrected chi connectivity index (χ1v) is 35.0. The van der Waals surface area contributed by atoms with Crippen LogP contribution in [0.3, 0.4) is 0 Å². The van der Waals surface area contributed by atoms with Crippen LogP contribution in [0, 0.1) is 0 Å².